The van der Waals surface area contributed by atoms with Crippen molar-refractivity contribution in [1.29, 1.82) is 0 Å². The van der Waals surface area contributed by atoms with Gasteiger partial charge >= 0.3 is 37.7 Å². The van der Waals surface area contributed by atoms with Gasteiger partial charge in [0.1, 0.15) is 0 Å². The van der Waals surface area contributed by atoms with Crippen molar-refractivity contribution in [2.24, 2.45) is 0 Å². The average molecular weight is 154 g/mol. The van der Waals surface area contributed by atoms with Crippen molar-refractivity contribution in [3.05, 3.63) is 20.1 Å². The maximum absolute atomic E-state index is 4.25. The zero-order valence-corrected chi connectivity index (χ0v) is 9.23. The molecule has 0 nitrogen and oxygen atoms in total. The summed E-state index contributed by atoms with van der Waals surface area (Å²) in [5, 5.41) is 0. The predicted octanol–water partition coefficient (Wildman–Crippen LogP) is -2.21. The van der Waals surface area contributed by atoms with Crippen LogP contribution in [0.25, 0.3) is 0 Å². The standard InChI is InChI=1S/C8H17.C2H3.2Li/c1-3-5-7-8-6-4-2;1-2;;/h1,3-8H2,2H3;1H,2H2;;/q2*-1;2*+1. The van der Waals surface area contributed by atoms with Gasteiger partial charge in [0, 0.05) is 0 Å². The molecule has 0 amide bonds. The van der Waals surface area contributed by atoms with Crippen LogP contribution in [0.15, 0.2) is 6.58 Å². The van der Waals surface area contributed by atoms with Gasteiger partial charge in [-0.25, -0.2) is 0 Å². The molecule has 0 radical (unpaired) electrons. The summed E-state index contributed by atoms with van der Waals surface area (Å²) in [7, 11) is 0. The van der Waals surface area contributed by atoms with Gasteiger partial charge < -0.3 is 13.5 Å². The zero-order valence-electron chi connectivity index (χ0n) is 9.23. The van der Waals surface area contributed by atoms with E-state index >= 15 is 0 Å². The summed E-state index contributed by atoms with van der Waals surface area (Å²) in [5.41, 5.74) is 0. The van der Waals surface area contributed by atoms with Crippen molar-refractivity contribution in [2.45, 2.75) is 45.4 Å². The van der Waals surface area contributed by atoms with Gasteiger partial charge in [-0.15, -0.1) is 0 Å². The fourth-order valence-electron chi connectivity index (χ4n) is 0.780. The van der Waals surface area contributed by atoms with Crippen LogP contribution in [0.5, 0.6) is 0 Å². The van der Waals surface area contributed by atoms with E-state index in [2.05, 4.69) is 27.0 Å². The van der Waals surface area contributed by atoms with Gasteiger partial charge in [-0.3, -0.25) is 6.58 Å². The van der Waals surface area contributed by atoms with E-state index in [1.54, 1.807) is 0 Å². The summed E-state index contributed by atoms with van der Waals surface area (Å²) in [6.07, 6.45) is 7.98. The third kappa shape index (κ3) is 30.6. The van der Waals surface area contributed by atoms with Crippen LogP contribution >= 0.6 is 0 Å². The average Bonchev–Trinajstić information content (AvgIpc) is 2.02. The van der Waals surface area contributed by atoms with E-state index in [9.17, 15) is 0 Å². The minimum atomic E-state index is 0. The molecular formula is C10H20Li2. The molecule has 0 fully saturated rings. The largest absolute Gasteiger partial charge is 1.00 e. The van der Waals surface area contributed by atoms with Crippen LogP contribution in [0, 0.1) is 13.5 Å². The molecular weight excluding hydrogens is 134 g/mol. The van der Waals surface area contributed by atoms with E-state index in [4.69, 9.17) is 0 Å². The fourth-order valence-corrected chi connectivity index (χ4v) is 0.780. The molecule has 0 rings (SSSR count). The minimum Gasteiger partial charge on any atom is -0.521 e. The van der Waals surface area contributed by atoms with E-state index < -0.39 is 0 Å². The Morgan fingerprint density at radius 2 is 1.42 bits per heavy atom. The molecule has 0 aromatic heterocycles. The van der Waals surface area contributed by atoms with Crippen molar-refractivity contribution in [3.8, 4) is 0 Å². The summed E-state index contributed by atoms with van der Waals surface area (Å²) in [6.45, 7) is 13.0. The van der Waals surface area contributed by atoms with Gasteiger partial charge in [-0.05, 0) is 0 Å². The molecule has 0 aliphatic heterocycles. The minimum absolute atomic E-state index is 0. The molecule has 0 unspecified atom stereocenters. The first-order valence-electron chi connectivity index (χ1n) is 4.12. The van der Waals surface area contributed by atoms with Crippen molar-refractivity contribution in [1.82, 2.24) is 0 Å². The van der Waals surface area contributed by atoms with Gasteiger partial charge in [-0.1, -0.05) is 39.0 Å². The fraction of sp³-hybridized carbons (Fsp3) is 0.700. The maximum atomic E-state index is 4.25. The molecule has 0 heterocycles. The molecule has 2 heteroatoms. The molecule has 12 heavy (non-hydrogen) atoms. The monoisotopic (exact) mass is 154 g/mol. The topological polar surface area (TPSA) is 0 Å². The van der Waals surface area contributed by atoms with E-state index in [0.717, 1.165) is 6.42 Å². The van der Waals surface area contributed by atoms with Gasteiger partial charge in [0.05, 0.1) is 0 Å². The number of hydrogen-bond donors (Lipinski definition) is 0. The van der Waals surface area contributed by atoms with Crippen LogP contribution in [0.3, 0.4) is 0 Å². The first-order chi connectivity index (χ1) is 4.91. The summed E-state index contributed by atoms with van der Waals surface area (Å²) in [6, 6.07) is 0. The molecule has 62 valence electrons. The maximum Gasteiger partial charge on any atom is 1.00 e. The van der Waals surface area contributed by atoms with Crippen LogP contribution in [0.2, 0.25) is 0 Å². The van der Waals surface area contributed by atoms with Gasteiger partial charge in [0.15, 0.2) is 0 Å². The molecule has 0 saturated heterocycles. The Hall–Kier alpha value is 0.935. The van der Waals surface area contributed by atoms with Gasteiger partial charge in [-0.2, -0.15) is 6.42 Å². The van der Waals surface area contributed by atoms with Crippen LogP contribution in [-0.2, 0) is 0 Å². The van der Waals surface area contributed by atoms with Crippen molar-refractivity contribution < 1.29 is 37.7 Å². The van der Waals surface area contributed by atoms with E-state index in [-0.39, 0.29) is 37.7 Å². The molecule has 0 aromatic rings. The number of unbranched alkanes of at least 4 members (excludes halogenated alkanes) is 5. The molecule has 0 aliphatic rings. The second-order valence-electron chi connectivity index (χ2n) is 2.27. The van der Waals surface area contributed by atoms with Crippen molar-refractivity contribution >= 4 is 0 Å². The van der Waals surface area contributed by atoms with E-state index in [0.29, 0.717) is 0 Å². The van der Waals surface area contributed by atoms with Gasteiger partial charge in [0.2, 0.25) is 0 Å². The number of hydrogen-bond acceptors (Lipinski definition) is 0. The third-order valence-electron chi connectivity index (χ3n) is 1.35. The van der Waals surface area contributed by atoms with Crippen LogP contribution < -0.4 is 37.7 Å². The van der Waals surface area contributed by atoms with Crippen molar-refractivity contribution in [2.75, 3.05) is 0 Å². The smallest absolute Gasteiger partial charge is 0.521 e. The van der Waals surface area contributed by atoms with E-state index in [1.807, 2.05) is 0 Å². The Morgan fingerprint density at radius 3 is 1.75 bits per heavy atom. The first-order valence-corrected chi connectivity index (χ1v) is 4.12. The molecule has 0 saturated carbocycles. The van der Waals surface area contributed by atoms with Gasteiger partial charge in [0.25, 0.3) is 0 Å². The Labute approximate surface area is 103 Å². The normalized spacial score (nSPS) is 6.83. The summed E-state index contributed by atoms with van der Waals surface area (Å²) >= 11 is 0. The summed E-state index contributed by atoms with van der Waals surface area (Å²) in [4.78, 5) is 0. The Morgan fingerprint density at radius 1 is 1.00 bits per heavy atom. The molecule has 0 aliphatic carbocycles. The van der Waals surface area contributed by atoms with E-state index in [1.165, 1.54) is 32.1 Å². The first kappa shape index (κ1) is 23.1. The Balaban J connectivity index is -0.0000000740. The molecule has 0 aromatic carbocycles. The van der Waals surface area contributed by atoms with Crippen LogP contribution in [0.4, 0.5) is 0 Å². The third-order valence-corrected chi connectivity index (χ3v) is 1.35. The quantitative estimate of drug-likeness (QED) is 0.239. The molecule has 0 N–H and O–H groups in total. The Kier molecular flexibility index (Phi) is 57.1. The second kappa shape index (κ2) is 29.7. The summed E-state index contributed by atoms with van der Waals surface area (Å²) in [5.74, 6) is 0. The molecule has 0 bridgehead atoms. The van der Waals surface area contributed by atoms with Crippen LogP contribution in [0.1, 0.15) is 45.4 Å². The second-order valence-corrected chi connectivity index (χ2v) is 2.27. The SMILES string of the molecule is [CH-]=C.[CH2-]CCCCCCC.[Li+].[Li+]. The Bertz CT molecular complexity index is 41.1. The van der Waals surface area contributed by atoms with Crippen LogP contribution in [-0.4, -0.2) is 0 Å². The molecule has 0 spiro atoms. The zero-order chi connectivity index (χ0) is 8.24. The summed E-state index contributed by atoms with van der Waals surface area (Å²) < 4.78 is 0. The predicted molar refractivity (Wildman–Crippen MR) is 48.7 cm³/mol. The number of rotatable bonds is 5. The molecule has 0 atom stereocenters. The van der Waals surface area contributed by atoms with Crippen molar-refractivity contribution in [3.63, 3.8) is 0 Å².